The van der Waals surface area contributed by atoms with Crippen LogP contribution in [0, 0.1) is 0 Å². The second-order valence-electron chi connectivity index (χ2n) is 5.42. The van der Waals surface area contributed by atoms with Crippen LogP contribution in [-0.4, -0.2) is 30.7 Å². The van der Waals surface area contributed by atoms with Gasteiger partial charge in [0, 0.05) is 34.9 Å². The molecule has 0 amide bonds. The number of aliphatic hydroxyl groups is 1. The summed E-state index contributed by atoms with van der Waals surface area (Å²) in [5.41, 5.74) is 6.19. The minimum Gasteiger partial charge on any atom is -0.399 e. The first kappa shape index (κ1) is 14.8. The number of sulfonamides is 1. The predicted molar refractivity (Wildman–Crippen MR) is 78.8 cm³/mol. The summed E-state index contributed by atoms with van der Waals surface area (Å²) in [7, 11) is -3.69. The number of benzene rings is 1. The van der Waals surface area contributed by atoms with E-state index in [0.29, 0.717) is 23.0 Å². The highest BCUT2D eigenvalue weighted by Crippen LogP contribution is 2.26. The number of anilines is 1. The maximum atomic E-state index is 12.5. The van der Waals surface area contributed by atoms with E-state index in [0.717, 1.165) is 0 Å². The lowest BCUT2D eigenvalue weighted by Crippen LogP contribution is -2.43. The average Bonchev–Trinajstić information content (AvgIpc) is 2.70. The molecular formula is C13H19N3O3S. The predicted octanol–water partition coefficient (Wildman–Crippen LogP) is 1.19. The van der Waals surface area contributed by atoms with E-state index in [1.165, 1.54) is 6.20 Å². The summed E-state index contributed by atoms with van der Waals surface area (Å²) in [5, 5.41) is 9.53. The lowest BCUT2D eigenvalue weighted by Gasteiger charge is -2.24. The Kier molecular flexibility index (Phi) is 3.77. The van der Waals surface area contributed by atoms with Crippen molar-refractivity contribution in [2.24, 2.45) is 0 Å². The number of aliphatic hydroxyl groups excluding tert-OH is 1. The molecule has 6 nitrogen and oxygen atoms in total. The smallest absolute Gasteiger partial charge is 0.243 e. The maximum Gasteiger partial charge on any atom is 0.243 e. The van der Waals surface area contributed by atoms with Gasteiger partial charge in [-0.05, 0) is 38.5 Å². The second-order valence-corrected chi connectivity index (χ2v) is 7.07. The third-order valence-electron chi connectivity index (χ3n) is 3.10. The van der Waals surface area contributed by atoms with Crippen molar-refractivity contribution in [3.05, 3.63) is 24.4 Å². The highest BCUT2D eigenvalue weighted by molar-refractivity contribution is 7.89. The molecule has 1 aromatic carbocycles. The largest absolute Gasteiger partial charge is 0.399 e. The Labute approximate surface area is 118 Å². The van der Waals surface area contributed by atoms with Crippen LogP contribution in [0.5, 0.6) is 0 Å². The Morgan fingerprint density at radius 2 is 2.10 bits per heavy atom. The van der Waals surface area contributed by atoms with Crippen LogP contribution in [0.4, 0.5) is 5.69 Å². The average molecular weight is 297 g/mol. The molecule has 1 aromatic heterocycles. The molecule has 0 bridgehead atoms. The standard InChI is InChI=1S/C13H19N3O3S/c1-13(2,5-6-17)16-20(18,19)12-8-15-11-4-3-9(14)7-10(11)12/h3-4,7-8,15-17H,5-6,14H2,1-2H3. The van der Waals surface area contributed by atoms with Gasteiger partial charge in [-0.25, -0.2) is 13.1 Å². The van der Waals surface area contributed by atoms with Crippen molar-refractivity contribution in [2.75, 3.05) is 12.3 Å². The first-order valence-corrected chi connectivity index (χ1v) is 7.75. The van der Waals surface area contributed by atoms with Crippen molar-refractivity contribution in [1.29, 1.82) is 0 Å². The monoisotopic (exact) mass is 297 g/mol. The lowest BCUT2D eigenvalue weighted by atomic mass is 10.0. The number of rotatable bonds is 5. The van der Waals surface area contributed by atoms with Crippen molar-refractivity contribution in [3.63, 3.8) is 0 Å². The van der Waals surface area contributed by atoms with E-state index in [1.807, 2.05) is 0 Å². The van der Waals surface area contributed by atoms with Gasteiger partial charge >= 0.3 is 0 Å². The fraction of sp³-hybridized carbons (Fsp3) is 0.385. The van der Waals surface area contributed by atoms with E-state index in [9.17, 15) is 8.42 Å². The summed E-state index contributed by atoms with van der Waals surface area (Å²) in [5.74, 6) is 0. The Balaban J connectivity index is 2.44. The number of H-pyrrole nitrogens is 1. The summed E-state index contributed by atoms with van der Waals surface area (Å²) in [6, 6.07) is 5.07. The van der Waals surface area contributed by atoms with E-state index in [4.69, 9.17) is 10.8 Å². The van der Waals surface area contributed by atoms with Gasteiger partial charge in [0.15, 0.2) is 0 Å². The Bertz CT molecular complexity index is 720. The lowest BCUT2D eigenvalue weighted by molar-refractivity contribution is 0.246. The zero-order valence-corrected chi connectivity index (χ0v) is 12.3. The number of hydrogen-bond acceptors (Lipinski definition) is 4. The molecule has 0 saturated carbocycles. The summed E-state index contributed by atoms with van der Waals surface area (Å²) < 4.78 is 27.5. The summed E-state index contributed by atoms with van der Waals surface area (Å²) >= 11 is 0. The fourth-order valence-corrected chi connectivity index (χ4v) is 3.70. The quantitative estimate of drug-likeness (QED) is 0.622. The van der Waals surface area contributed by atoms with Gasteiger partial charge in [0.1, 0.15) is 4.90 Å². The summed E-state index contributed by atoms with van der Waals surface area (Å²) in [6.07, 6.45) is 1.78. The minimum absolute atomic E-state index is 0.0870. The Morgan fingerprint density at radius 1 is 1.40 bits per heavy atom. The fourth-order valence-electron chi connectivity index (χ4n) is 2.08. The van der Waals surface area contributed by atoms with E-state index in [2.05, 4.69) is 9.71 Å². The van der Waals surface area contributed by atoms with Gasteiger partial charge in [-0.3, -0.25) is 0 Å². The molecule has 0 spiro atoms. The molecule has 7 heteroatoms. The number of aromatic nitrogens is 1. The summed E-state index contributed by atoms with van der Waals surface area (Å²) in [6.45, 7) is 3.37. The molecule has 0 saturated heterocycles. The van der Waals surface area contributed by atoms with Gasteiger partial charge in [0.05, 0.1) is 0 Å². The van der Waals surface area contributed by atoms with Gasteiger partial charge < -0.3 is 15.8 Å². The van der Waals surface area contributed by atoms with Crippen LogP contribution in [0.3, 0.4) is 0 Å². The Hall–Kier alpha value is -1.57. The highest BCUT2D eigenvalue weighted by atomic mass is 32.2. The van der Waals surface area contributed by atoms with E-state index in [-0.39, 0.29) is 11.5 Å². The van der Waals surface area contributed by atoms with Crippen molar-refractivity contribution in [3.8, 4) is 0 Å². The molecule has 0 radical (unpaired) electrons. The molecule has 2 aromatic rings. The van der Waals surface area contributed by atoms with Crippen LogP contribution >= 0.6 is 0 Å². The van der Waals surface area contributed by atoms with Gasteiger partial charge in [-0.2, -0.15) is 0 Å². The van der Waals surface area contributed by atoms with Crippen molar-refractivity contribution < 1.29 is 13.5 Å². The number of nitrogens with one attached hydrogen (secondary N) is 2. The number of hydrogen-bond donors (Lipinski definition) is 4. The van der Waals surface area contributed by atoms with Crippen LogP contribution in [0.15, 0.2) is 29.3 Å². The molecule has 0 aliphatic heterocycles. The topological polar surface area (TPSA) is 108 Å². The van der Waals surface area contributed by atoms with E-state index >= 15 is 0 Å². The van der Waals surface area contributed by atoms with Gasteiger partial charge in [-0.15, -0.1) is 0 Å². The number of aromatic amines is 1. The highest BCUT2D eigenvalue weighted by Gasteiger charge is 2.27. The molecule has 110 valence electrons. The molecule has 5 N–H and O–H groups in total. The minimum atomic E-state index is -3.69. The van der Waals surface area contributed by atoms with Gasteiger partial charge in [0.25, 0.3) is 0 Å². The SMILES string of the molecule is CC(C)(CCO)NS(=O)(=O)c1c[nH]c2ccc(N)cc12. The maximum absolute atomic E-state index is 12.5. The molecule has 0 unspecified atom stereocenters. The third-order valence-corrected chi connectivity index (χ3v) is 4.84. The number of nitrogen functional groups attached to an aromatic ring is 1. The van der Waals surface area contributed by atoms with Crippen molar-refractivity contribution in [1.82, 2.24) is 9.71 Å². The molecule has 0 aliphatic rings. The van der Waals surface area contributed by atoms with Crippen LogP contribution in [0.2, 0.25) is 0 Å². The molecule has 2 rings (SSSR count). The first-order chi connectivity index (χ1) is 9.25. The van der Waals surface area contributed by atoms with Crippen molar-refractivity contribution in [2.45, 2.75) is 30.7 Å². The molecule has 20 heavy (non-hydrogen) atoms. The van der Waals surface area contributed by atoms with Crippen LogP contribution < -0.4 is 10.5 Å². The number of nitrogens with two attached hydrogens (primary N) is 1. The molecule has 0 fully saturated rings. The number of fused-ring (bicyclic) bond motifs is 1. The van der Waals surface area contributed by atoms with E-state index in [1.54, 1.807) is 32.0 Å². The third kappa shape index (κ3) is 2.95. The van der Waals surface area contributed by atoms with Crippen molar-refractivity contribution >= 4 is 26.6 Å². The molecule has 1 heterocycles. The van der Waals surface area contributed by atoms with Crippen LogP contribution in [0.25, 0.3) is 10.9 Å². The Morgan fingerprint density at radius 3 is 2.75 bits per heavy atom. The van der Waals surface area contributed by atoms with Gasteiger partial charge in [-0.1, -0.05) is 0 Å². The molecule has 0 atom stereocenters. The van der Waals surface area contributed by atoms with Gasteiger partial charge in [0.2, 0.25) is 10.0 Å². The zero-order chi connectivity index (χ0) is 15.0. The van der Waals surface area contributed by atoms with Crippen LogP contribution in [-0.2, 0) is 10.0 Å². The summed E-state index contributed by atoms with van der Waals surface area (Å²) in [4.78, 5) is 3.07. The molecular weight excluding hydrogens is 278 g/mol. The van der Waals surface area contributed by atoms with Crippen LogP contribution in [0.1, 0.15) is 20.3 Å². The van der Waals surface area contributed by atoms with E-state index < -0.39 is 15.6 Å². The molecule has 0 aliphatic carbocycles. The first-order valence-electron chi connectivity index (χ1n) is 6.27. The zero-order valence-electron chi connectivity index (χ0n) is 11.5. The second kappa shape index (κ2) is 5.08. The normalized spacial score (nSPS) is 12.9.